The zero-order chi connectivity index (χ0) is 14.1. The van der Waals surface area contributed by atoms with Gasteiger partial charge < -0.3 is 15.1 Å². The first-order valence-electron chi connectivity index (χ1n) is 6.90. The molecule has 0 saturated carbocycles. The summed E-state index contributed by atoms with van der Waals surface area (Å²) >= 11 is 0. The van der Waals surface area contributed by atoms with Crippen molar-refractivity contribution in [2.75, 3.05) is 6.61 Å². The number of unbranched alkanes of at least 4 members (excludes halogenated alkanes) is 3. The highest BCUT2D eigenvalue weighted by atomic mass is 16.6. The van der Waals surface area contributed by atoms with Crippen molar-refractivity contribution < 1.29 is 15.1 Å². The fraction of sp³-hybridized carbons (Fsp3) is 0.533. The molecule has 2 N–H and O–H groups in total. The normalized spacial score (nSPS) is 11.6. The van der Waals surface area contributed by atoms with Crippen LogP contribution in [0.25, 0.3) is 0 Å². The Hall–Kier alpha value is -1.71. The SMILES string of the molecule is CCCCCC/C(=N\OCC)c1ccc(O)c(O)c1. The van der Waals surface area contributed by atoms with Gasteiger partial charge in [-0.1, -0.05) is 31.3 Å². The smallest absolute Gasteiger partial charge is 0.158 e. The van der Waals surface area contributed by atoms with E-state index in [1.54, 1.807) is 6.07 Å². The van der Waals surface area contributed by atoms with E-state index in [-0.39, 0.29) is 11.5 Å². The summed E-state index contributed by atoms with van der Waals surface area (Å²) in [6.07, 6.45) is 5.41. The number of hydrogen-bond acceptors (Lipinski definition) is 4. The Kier molecular flexibility index (Phi) is 6.79. The van der Waals surface area contributed by atoms with Crippen LogP contribution in [0.2, 0.25) is 0 Å². The Morgan fingerprint density at radius 3 is 2.53 bits per heavy atom. The molecule has 1 aromatic carbocycles. The van der Waals surface area contributed by atoms with E-state index in [1.165, 1.54) is 25.0 Å². The molecule has 0 aromatic heterocycles. The number of nitrogens with zero attached hydrogens (tertiary/aromatic N) is 1. The van der Waals surface area contributed by atoms with Crippen LogP contribution in [-0.4, -0.2) is 22.5 Å². The van der Waals surface area contributed by atoms with Gasteiger partial charge in [-0.05, 0) is 38.0 Å². The molecule has 0 saturated heterocycles. The minimum Gasteiger partial charge on any atom is -0.504 e. The molecular formula is C15H23NO3. The van der Waals surface area contributed by atoms with Gasteiger partial charge in [0.25, 0.3) is 0 Å². The predicted molar refractivity (Wildman–Crippen MR) is 76.7 cm³/mol. The van der Waals surface area contributed by atoms with Gasteiger partial charge in [0, 0.05) is 5.56 Å². The lowest BCUT2D eigenvalue weighted by Crippen LogP contribution is -2.02. The van der Waals surface area contributed by atoms with E-state index in [9.17, 15) is 10.2 Å². The zero-order valence-corrected chi connectivity index (χ0v) is 11.7. The highest BCUT2D eigenvalue weighted by Gasteiger charge is 2.08. The topological polar surface area (TPSA) is 62.0 Å². The van der Waals surface area contributed by atoms with E-state index in [0.29, 0.717) is 6.61 Å². The van der Waals surface area contributed by atoms with E-state index in [1.807, 2.05) is 6.92 Å². The molecule has 0 spiro atoms. The van der Waals surface area contributed by atoms with Crippen LogP contribution in [0, 0.1) is 0 Å². The van der Waals surface area contributed by atoms with Crippen molar-refractivity contribution in [2.45, 2.75) is 46.0 Å². The monoisotopic (exact) mass is 265 g/mol. The van der Waals surface area contributed by atoms with Gasteiger partial charge >= 0.3 is 0 Å². The van der Waals surface area contributed by atoms with Crippen molar-refractivity contribution in [1.82, 2.24) is 0 Å². The molecule has 0 atom stereocenters. The molecular weight excluding hydrogens is 242 g/mol. The Morgan fingerprint density at radius 2 is 1.89 bits per heavy atom. The van der Waals surface area contributed by atoms with E-state index in [4.69, 9.17) is 4.84 Å². The molecule has 106 valence electrons. The first-order chi connectivity index (χ1) is 9.19. The highest BCUT2D eigenvalue weighted by Crippen LogP contribution is 2.26. The summed E-state index contributed by atoms with van der Waals surface area (Å²) in [6, 6.07) is 4.73. The number of hydrogen-bond donors (Lipinski definition) is 2. The summed E-state index contributed by atoms with van der Waals surface area (Å²) < 4.78 is 0. The van der Waals surface area contributed by atoms with E-state index in [0.717, 1.165) is 30.5 Å². The Bertz CT molecular complexity index is 416. The van der Waals surface area contributed by atoms with Gasteiger partial charge in [-0.2, -0.15) is 0 Å². The van der Waals surface area contributed by atoms with Crippen LogP contribution < -0.4 is 0 Å². The van der Waals surface area contributed by atoms with Gasteiger partial charge in [-0.25, -0.2) is 0 Å². The molecule has 1 rings (SSSR count). The highest BCUT2D eigenvalue weighted by molar-refractivity contribution is 6.00. The summed E-state index contributed by atoms with van der Waals surface area (Å²) in [7, 11) is 0. The summed E-state index contributed by atoms with van der Waals surface area (Å²) in [5.74, 6) is -0.249. The first kappa shape index (κ1) is 15.3. The second-order valence-electron chi connectivity index (χ2n) is 4.47. The second-order valence-corrected chi connectivity index (χ2v) is 4.47. The van der Waals surface area contributed by atoms with Gasteiger partial charge in [0.2, 0.25) is 0 Å². The van der Waals surface area contributed by atoms with Crippen LogP contribution in [0.3, 0.4) is 0 Å². The molecule has 0 amide bonds. The Labute approximate surface area is 114 Å². The summed E-state index contributed by atoms with van der Waals surface area (Å²) in [6.45, 7) is 4.57. The summed E-state index contributed by atoms with van der Waals surface area (Å²) in [4.78, 5) is 5.12. The van der Waals surface area contributed by atoms with Crippen molar-refractivity contribution in [1.29, 1.82) is 0 Å². The standard InChI is InChI=1S/C15H23NO3/c1-3-5-6-7-8-13(16-19-4-2)12-9-10-14(17)15(18)11-12/h9-11,17-18H,3-8H2,1-2H3/b16-13+. The van der Waals surface area contributed by atoms with Crippen molar-refractivity contribution in [3.63, 3.8) is 0 Å². The lowest BCUT2D eigenvalue weighted by atomic mass is 10.0. The molecule has 1 aromatic rings. The third-order valence-electron chi connectivity index (χ3n) is 2.88. The van der Waals surface area contributed by atoms with Crippen molar-refractivity contribution in [2.24, 2.45) is 5.16 Å². The number of rotatable bonds is 8. The van der Waals surface area contributed by atoms with Crippen molar-refractivity contribution >= 4 is 5.71 Å². The maximum atomic E-state index is 9.54. The predicted octanol–water partition coefficient (Wildman–Crippen LogP) is 3.81. The number of phenols is 2. The van der Waals surface area contributed by atoms with Gasteiger partial charge in [-0.15, -0.1) is 0 Å². The molecule has 0 unspecified atom stereocenters. The molecule has 0 radical (unpaired) electrons. The molecule has 0 fully saturated rings. The molecule has 0 heterocycles. The van der Waals surface area contributed by atoms with Crippen LogP contribution >= 0.6 is 0 Å². The van der Waals surface area contributed by atoms with Crippen LogP contribution in [0.5, 0.6) is 11.5 Å². The number of benzene rings is 1. The second kappa shape index (κ2) is 8.40. The third kappa shape index (κ3) is 5.20. The number of aromatic hydroxyl groups is 2. The fourth-order valence-electron chi connectivity index (χ4n) is 1.81. The molecule has 4 heteroatoms. The van der Waals surface area contributed by atoms with E-state index >= 15 is 0 Å². The summed E-state index contributed by atoms with van der Waals surface area (Å²) in [5.41, 5.74) is 1.61. The lowest BCUT2D eigenvalue weighted by Gasteiger charge is -2.08. The maximum absolute atomic E-state index is 9.54. The van der Waals surface area contributed by atoms with Gasteiger partial charge in [-0.3, -0.25) is 0 Å². The maximum Gasteiger partial charge on any atom is 0.158 e. The Morgan fingerprint density at radius 1 is 1.11 bits per heavy atom. The number of phenolic OH excluding ortho intramolecular Hbond substituents is 2. The average Bonchev–Trinajstić information content (AvgIpc) is 2.41. The molecule has 0 aliphatic carbocycles. The quantitative estimate of drug-likeness (QED) is 0.325. The first-order valence-corrected chi connectivity index (χ1v) is 6.90. The largest absolute Gasteiger partial charge is 0.504 e. The number of oxime groups is 1. The lowest BCUT2D eigenvalue weighted by molar-refractivity contribution is 0.158. The van der Waals surface area contributed by atoms with Crippen LogP contribution in [-0.2, 0) is 4.84 Å². The zero-order valence-electron chi connectivity index (χ0n) is 11.7. The molecule has 19 heavy (non-hydrogen) atoms. The minimum absolute atomic E-state index is 0.120. The molecule has 0 bridgehead atoms. The third-order valence-corrected chi connectivity index (χ3v) is 2.88. The minimum atomic E-state index is -0.129. The van der Waals surface area contributed by atoms with Gasteiger partial charge in [0.1, 0.15) is 6.61 Å². The van der Waals surface area contributed by atoms with E-state index < -0.39 is 0 Å². The fourth-order valence-corrected chi connectivity index (χ4v) is 1.81. The van der Waals surface area contributed by atoms with Gasteiger partial charge in [0.05, 0.1) is 5.71 Å². The molecule has 0 aliphatic rings. The van der Waals surface area contributed by atoms with Crippen molar-refractivity contribution in [3.05, 3.63) is 23.8 Å². The van der Waals surface area contributed by atoms with Crippen LogP contribution in [0.15, 0.2) is 23.4 Å². The average molecular weight is 265 g/mol. The Balaban J connectivity index is 2.75. The summed E-state index contributed by atoms with van der Waals surface area (Å²) in [5, 5.41) is 23.0. The molecule has 0 aliphatic heterocycles. The van der Waals surface area contributed by atoms with Crippen LogP contribution in [0.4, 0.5) is 0 Å². The van der Waals surface area contributed by atoms with Gasteiger partial charge in [0.15, 0.2) is 11.5 Å². The molecule has 4 nitrogen and oxygen atoms in total. The van der Waals surface area contributed by atoms with Crippen LogP contribution in [0.1, 0.15) is 51.5 Å². The van der Waals surface area contributed by atoms with E-state index in [2.05, 4.69) is 12.1 Å². The van der Waals surface area contributed by atoms with Crippen molar-refractivity contribution in [3.8, 4) is 11.5 Å².